The summed E-state index contributed by atoms with van der Waals surface area (Å²) in [6.45, 7) is 6.29. The van der Waals surface area contributed by atoms with E-state index >= 15 is 0 Å². The van der Waals surface area contributed by atoms with Crippen molar-refractivity contribution >= 4 is 17.6 Å². The number of carbonyl (C=O) groups is 2. The van der Waals surface area contributed by atoms with Crippen molar-refractivity contribution in [2.75, 3.05) is 18.6 Å². The Bertz CT molecular complexity index is 836. The maximum Gasteiger partial charge on any atom is 0.329 e. The maximum atomic E-state index is 12.8. The van der Waals surface area contributed by atoms with Crippen molar-refractivity contribution in [2.24, 2.45) is 0 Å². The zero-order chi connectivity index (χ0) is 19.6. The second-order valence-electron chi connectivity index (χ2n) is 7.70. The molecule has 1 heterocycles. The van der Waals surface area contributed by atoms with Gasteiger partial charge in [-0.15, -0.1) is 0 Å². The number of esters is 1. The van der Waals surface area contributed by atoms with Crippen LogP contribution in [0.3, 0.4) is 0 Å². The van der Waals surface area contributed by atoms with Crippen molar-refractivity contribution in [3.05, 3.63) is 59.7 Å². The molecule has 2 aromatic carbocycles. The molecular weight excluding hydrogens is 342 g/mol. The number of hydrogen-bond acceptors (Lipinski definition) is 4. The predicted molar refractivity (Wildman–Crippen MR) is 104 cm³/mol. The summed E-state index contributed by atoms with van der Waals surface area (Å²) in [7, 11) is 1.33. The van der Waals surface area contributed by atoms with Crippen LogP contribution in [0.2, 0.25) is 0 Å². The van der Waals surface area contributed by atoms with E-state index in [0.717, 1.165) is 11.3 Å². The van der Waals surface area contributed by atoms with Crippen LogP contribution < -0.4 is 9.64 Å². The quantitative estimate of drug-likeness (QED) is 0.776. The van der Waals surface area contributed by atoms with Gasteiger partial charge >= 0.3 is 5.97 Å². The van der Waals surface area contributed by atoms with E-state index in [4.69, 9.17) is 9.47 Å². The SMILES string of the molecule is COC(=O)C1Cc2ccccc2N1C(=O)COc1ccc(C(C)(C)C)cc1. The van der Waals surface area contributed by atoms with Gasteiger partial charge in [-0.25, -0.2) is 4.79 Å². The lowest BCUT2D eigenvalue weighted by Gasteiger charge is -2.24. The highest BCUT2D eigenvalue weighted by Gasteiger charge is 2.39. The minimum Gasteiger partial charge on any atom is -0.484 e. The molecule has 2 aromatic rings. The Balaban J connectivity index is 1.73. The molecule has 1 amide bonds. The summed E-state index contributed by atoms with van der Waals surface area (Å²) in [5.74, 6) is -0.0669. The molecule has 3 rings (SSSR count). The summed E-state index contributed by atoms with van der Waals surface area (Å²) in [5, 5.41) is 0. The first-order chi connectivity index (χ1) is 12.8. The van der Waals surface area contributed by atoms with E-state index in [1.165, 1.54) is 17.6 Å². The van der Waals surface area contributed by atoms with Crippen LogP contribution in [0, 0.1) is 0 Å². The van der Waals surface area contributed by atoms with Crippen LogP contribution >= 0.6 is 0 Å². The molecule has 27 heavy (non-hydrogen) atoms. The number of rotatable bonds is 4. The fraction of sp³-hybridized carbons (Fsp3) is 0.364. The molecule has 0 spiro atoms. The van der Waals surface area contributed by atoms with Gasteiger partial charge in [-0.2, -0.15) is 0 Å². The Morgan fingerprint density at radius 1 is 1.07 bits per heavy atom. The fourth-order valence-corrected chi connectivity index (χ4v) is 3.28. The van der Waals surface area contributed by atoms with Crippen LogP contribution in [0.4, 0.5) is 5.69 Å². The summed E-state index contributed by atoms with van der Waals surface area (Å²) in [6.07, 6.45) is 0.453. The summed E-state index contributed by atoms with van der Waals surface area (Å²) in [6, 6.07) is 14.6. The van der Waals surface area contributed by atoms with Crippen LogP contribution in [0.25, 0.3) is 0 Å². The van der Waals surface area contributed by atoms with Gasteiger partial charge in [-0.05, 0) is 34.7 Å². The lowest BCUT2D eigenvalue weighted by Crippen LogP contribution is -2.45. The number of nitrogens with zero attached hydrogens (tertiary/aromatic N) is 1. The maximum absolute atomic E-state index is 12.8. The van der Waals surface area contributed by atoms with E-state index in [1.54, 1.807) is 0 Å². The van der Waals surface area contributed by atoms with E-state index < -0.39 is 12.0 Å². The first-order valence-electron chi connectivity index (χ1n) is 9.02. The van der Waals surface area contributed by atoms with Gasteiger partial charge in [-0.3, -0.25) is 9.69 Å². The minimum atomic E-state index is -0.647. The highest BCUT2D eigenvalue weighted by atomic mass is 16.5. The van der Waals surface area contributed by atoms with Crippen LogP contribution in [-0.4, -0.2) is 31.6 Å². The Labute approximate surface area is 159 Å². The first-order valence-corrected chi connectivity index (χ1v) is 9.02. The van der Waals surface area contributed by atoms with Crippen LogP contribution in [0.5, 0.6) is 5.75 Å². The molecule has 0 radical (unpaired) electrons. The van der Waals surface area contributed by atoms with Crippen LogP contribution in [0.15, 0.2) is 48.5 Å². The molecule has 5 nitrogen and oxygen atoms in total. The Kier molecular flexibility index (Phi) is 5.22. The van der Waals surface area contributed by atoms with Crippen LogP contribution in [-0.2, 0) is 26.2 Å². The highest BCUT2D eigenvalue weighted by Crippen LogP contribution is 2.33. The van der Waals surface area contributed by atoms with Crippen molar-refractivity contribution in [1.29, 1.82) is 0 Å². The van der Waals surface area contributed by atoms with Gasteiger partial charge in [0.25, 0.3) is 5.91 Å². The molecule has 1 aliphatic rings. The third-order valence-electron chi connectivity index (χ3n) is 4.80. The fourth-order valence-electron chi connectivity index (χ4n) is 3.28. The van der Waals surface area contributed by atoms with Crippen molar-refractivity contribution < 1.29 is 19.1 Å². The molecule has 0 aromatic heterocycles. The third-order valence-corrected chi connectivity index (χ3v) is 4.80. The normalized spacial score (nSPS) is 16.0. The van der Waals surface area contributed by atoms with Crippen molar-refractivity contribution in [1.82, 2.24) is 0 Å². The van der Waals surface area contributed by atoms with Gasteiger partial charge in [-0.1, -0.05) is 51.1 Å². The van der Waals surface area contributed by atoms with Gasteiger partial charge in [0.2, 0.25) is 0 Å². The van der Waals surface area contributed by atoms with E-state index in [-0.39, 0.29) is 17.9 Å². The monoisotopic (exact) mass is 367 g/mol. The lowest BCUT2D eigenvalue weighted by atomic mass is 9.87. The summed E-state index contributed by atoms with van der Waals surface area (Å²) < 4.78 is 10.6. The number of anilines is 1. The molecular formula is C22H25NO4. The number of ether oxygens (including phenoxy) is 2. The van der Waals surface area contributed by atoms with Gasteiger partial charge < -0.3 is 9.47 Å². The van der Waals surface area contributed by atoms with E-state index in [0.29, 0.717) is 12.2 Å². The molecule has 0 bridgehead atoms. The van der Waals surface area contributed by atoms with Gasteiger partial charge in [0.1, 0.15) is 11.8 Å². The van der Waals surface area contributed by atoms with E-state index in [2.05, 4.69) is 20.8 Å². The average Bonchev–Trinajstić information content (AvgIpc) is 3.04. The number of benzene rings is 2. The zero-order valence-corrected chi connectivity index (χ0v) is 16.2. The minimum absolute atomic E-state index is 0.0569. The topological polar surface area (TPSA) is 55.8 Å². The second-order valence-corrected chi connectivity index (χ2v) is 7.70. The molecule has 0 fully saturated rings. The largest absolute Gasteiger partial charge is 0.484 e. The number of fused-ring (bicyclic) bond motifs is 1. The Morgan fingerprint density at radius 3 is 2.37 bits per heavy atom. The molecule has 5 heteroatoms. The number of amides is 1. The standard InChI is InChI=1S/C22H25NO4/c1-22(2,3)16-9-11-17(12-10-16)27-14-20(24)23-18-8-6-5-7-15(18)13-19(23)21(25)26-4/h5-12,19H,13-14H2,1-4H3. The molecule has 1 unspecified atom stereocenters. The van der Waals surface area contributed by atoms with Crippen molar-refractivity contribution in [2.45, 2.75) is 38.6 Å². The van der Waals surface area contributed by atoms with E-state index in [1.807, 2.05) is 48.5 Å². The lowest BCUT2D eigenvalue weighted by molar-refractivity contribution is -0.143. The predicted octanol–water partition coefficient (Wildman–Crippen LogP) is 3.49. The van der Waals surface area contributed by atoms with Gasteiger partial charge in [0, 0.05) is 12.1 Å². The molecule has 142 valence electrons. The molecule has 0 saturated carbocycles. The summed E-state index contributed by atoms with van der Waals surface area (Å²) >= 11 is 0. The second kappa shape index (κ2) is 7.43. The molecule has 0 saturated heterocycles. The van der Waals surface area contributed by atoms with Crippen molar-refractivity contribution in [3.8, 4) is 5.75 Å². The molecule has 1 aliphatic heterocycles. The highest BCUT2D eigenvalue weighted by molar-refractivity contribution is 6.02. The van der Waals surface area contributed by atoms with Crippen LogP contribution in [0.1, 0.15) is 31.9 Å². The molecule has 1 atom stereocenters. The first kappa shape index (κ1) is 19.0. The zero-order valence-electron chi connectivity index (χ0n) is 16.2. The molecule has 0 N–H and O–H groups in total. The Morgan fingerprint density at radius 2 is 1.74 bits per heavy atom. The Hall–Kier alpha value is -2.82. The third kappa shape index (κ3) is 3.97. The summed E-state index contributed by atoms with van der Waals surface area (Å²) in [4.78, 5) is 26.5. The number of carbonyl (C=O) groups excluding carboxylic acids is 2. The number of para-hydroxylation sites is 1. The number of methoxy groups -OCH3 is 1. The average molecular weight is 367 g/mol. The summed E-state index contributed by atoms with van der Waals surface area (Å²) in [5.41, 5.74) is 2.95. The van der Waals surface area contributed by atoms with Crippen molar-refractivity contribution in [3.63, 3.8) is 0 Å². The van der Waals surface area contributed by atoms with Gasteiger partial charge in [0.05, 0.1) is 7.11 Å². The smallest absolute Gasteiger partial charge is 0.329 e. The number of hydrogen-bond donors (Lipinski definition) is 0. The van der Waals surface area contributed by atoms with E-state index in [9.17, 15) is 9.59 Å². The molecule has 0 aliphatic carbocycles. The van der Waals surface area contributed by atoms with Gasteiger partial charge in [0.15, 0.2) is 6.61 Å².